The summed E-state index contributed by atoms with van der Waals surface area (Å²) in [4.78, 5) is 44.9. The molecule has 0 saturated carbocycles. The van der Waals surface area contributed by atoms with E-state index in [4.69, 9.17) is 5.73 Å². The van der Waals surface area contributed by atoms with E-state index in [1.165, 1.54) is 0 Å². The molecule has 1 saturated heterocycles. The summed E-state index contributed by atoms with van der Waals surface area (Å²) < 4.78 is 0. The highest BCUT2D eigenvalue weighted by atomic mass is 16.2. The zero-order chi connectivity index (χ0) is 20.7. The normalized spacial score (nSPS) is 15.7. The largest absolute Gasteiger partial charge is 0.383 e. The van der Waals surface area contributed by atoms with Gasteiger partial charge in [0, 0.05) is 36.6 Å². The molecule has 1 aromatic carbocycles. The van der Waals surface area contributed by atoms with Gasteiger partial charge in [0.15, 0.2) is 11.6 Å². The van der Waals surface area contributed by atoms with Crippen LogP contribution in [0.3, 0.4) is 0 Å². The van der Waals surface area contributed by atoms with Crippen molar-refractivity contribution in [1.29, 1.82) is 0 Å². The van der Waals surface area contributed by atoms with Crippen LogP contribution in [0.25, 0.3) is 11.6 Å². The van der Waals surface area contributed by atoms with Gasteiger partial charge in [-0.3, -0.25) is 14.5 Å². The van der Waals surface area contributed by atoms with Crippen LogP contribution < -0.4 is 10.6 Å². The highest BCUT2D eigenvalue weighted by Gasteiger charge is 2.32. The molecule has 0 atom stereocenters. The molecule has 4 heterocycles. The molecule has 0 radical (unpaired) electrons. The number of rotatable bonds is 4. The second kappa shape index (κ2) is 7.25. The summed E-state index contributed by atoms with van der Waals surface area (Å²) in [7, 11) is 0. The fraction of sp³-hybridized carbons (Fsp3) is 0.286. The molecule has 3 aromatic rings. The molecule has 0 bridgehead atoms. The van der Waals surface area contributed by atoms with Crippen LogP contribution in [0.15, 0.2) is 36.7 Å². The average molecular weight is 403 g/mol. The number of nitrogens with two attached hydrogens (primary N) is 1. The van der Waals surface area contributed by atoms with E-state index in [2.05, 4.69) is 19.9 Å². The first kappa shape index (κ1) is 18.3. The number of carbonyl (C=O) groups excluding carboxylic acids is 2. The van der Waals surface area contributed by atoms with Gasteiger partial charge in [-0.15, -0.1) is 0 Å². The van der Waals surface area contributed by atoms with Gasteiger partial charge in [-0.1, -0.05) is 12.1 Å². The van der Waals surface area contributed by atoms with E-state index < -0.39 is 0 Å². The van der Waals surface area contributed by atoms with Crippen molar-refractivity contribution in [3.63, 3.8) is 0 Å². The maximum Gasteiger partial charge on any atom is 0.253 e. The summed E-state index contributed by atoms with van der Waals surface area (Å²) in [6.45, 7) is 1.90. The maximum absolute atomic E-state index is 12.7. The smallest absolute Gasteiger partial charge is 0.253 e. The van der Waals surface area contributed by atoms with Crippen molar-refractivity contribution in [2.45, 2.75) is 25.8 Å². The van der Waals surface area contributed by atoms with E-state index in [0.717, 1.165) is 31.5 Å². The SMILES string of the molecule is Nc1nc(-c2ncc[nH]2)nc2c1CC(=O)N2Cc1cccc(C(=O)N2CCCC2)c1. The summed E-state index contributed by atoms with van der Waals surface area (Å²) in [5.41, 5.74) is 8.23. The number of anilines is 2. The Balaban J connectivity index is 1.44. The van der Waals surface area contributed by atoms with Gasteiger partial charge in [0.1, 0.15) is 11.6 Å². The second-order valence-corrected chi connectivity index (χ2v) is 7.53. The molecule has 30 heavy (non-hydrogen) atoms. The number of aromatic amines is 1. The van der Waals surface area contributed by atoms with E-state index in [1.807, 2.05) is 29.2 Å². The van der Waals surface area contributed by atoms with Crippen LogP contribution in [0.4, 0.5) is 11.6 Å². The van der Waals surface area contributed by atoms with Gasteiger partial charge in [-0.25, -0.2) is 15.0 Å². The van der Waals surface area contributed by atoms with E-state index >= 15 is 0 Å². The fourth-order valence-corrected chi connectivity index (χ4v) is 3.99. The lowest BCUT2D eigenvalue weighted by Crippen LogP contribution is -2.28. The Hall–Kier alpha value is -3.75. The van der Waals surface area contributed by atoms with Crippen molar-refractivity contribution in [3.8, 4) is 11.6 Å². The van der Waals surface area contributed by atoms with Gasteiger partial charge in [0.2, 0.25) is 5.91 Å². The van der Waals surface area contributed by atoms with Crippen LogP contribution in [0.5, 0.6) is 0 Å². The second-order valence-electron chi connectivity index (χ2n) is 7.53. The summed E-state index contributed by atoms with van der Waals surface area (Å²) in [6.07, 6.45) is 5.53. The van der Waals surface area contributed by atoms with E-state index in [0.29, 0.717) is 35.1 Å². The first-order chi connectivity index (χ1) is 14.6. The first-order valence-electron chi connectivity index (χ1n) is 9.95. The topological polar surface area (TPSA) is 121 Å². The number of likely N-dealkylation sites (tertiary alicyclic amines) is 1. The van der Waals surface area contributed by atoms with Crippen molar-refractivity contribution >= 4 is 23.5 Å². The molecule has 3 N–H and O–H groups in total. The van der Waals surface area contributed by atoms with Crippen LogP contribution in [-0.4, -0.2) is 49.7 Å². The summed E-state index contributed by atoms with van der Waals surface area (Å²) in [6, 6.07) is 7.43. The van der Waals surface area contributed by atoms with Crippen molar-refractivity contribution in [3.05, 3.63) is 53.3 Å². The number of nitrogens with one attached hydrogen (secondary N) is 1. The molecule has 152 valence electrons. The van der Waals surface area contributed by atoms with Gasteiger partial charge in [-0.2, -0.15) is 0 Å². The minimum absolute atomic E-state index is 0.0363. The zero-order valence-corrected chi connectivity index (χ0v) is 16.3. The molecule has 5 rings (SSSR count). The highest BCUT2D eigenvalue weighted by molar-refractivity contribution is 6.02. The highest BCUT2D eigenvalue weighted by Crippen LogP contribution is 2.33. The lowest BCUT2D eigenvalue weighted by Gasteiger charge is -2.19. The van der Waals surface area contributed by atoms with Crippen LogP contribution in [0.1, 0.15) is 34.3 Å². The first-order valence-corrected chi connectivity index (χ1v) is 9.95. The third-order valence-electron chi connectivity index (χ3n) is 5.52. The number of hydrogen-bond acceptors (Lipinski definition) is 6. The summed E-state index contributed by atoms with van der Waals surface area (Å²) in [5.74, 6) is 1.54. The Kier molecular flexibility index (Phi) is 4.42. The average Bonchev–Trinajstić information content (AvgIpc) is 3.51. The van der Waals surface area contributed by atoms with Crippen molar-refractivity contribution < 1.29 is 9.59 Å². The molecule has 0 aliphatic carbocycles. The van der Waals surface area contributed by atoms with Crippen LogP contribution in [0.2, 0.25) is 0 Å². The van der Waals surface area contributed by atoms with Gasteiger partial charge in [-0.05, 0) is 30.5 Å². The van der Waals surface area contributed by atoms with Crippen LogP contribution in [-0.2, 0) is 17.8 Å². The Morgan fingerprint density at radius 2 is 2.03 bits per heavy atom. The summed E-state index contributed by atoms with van der Waals surface area (Å²) in [5, 5.41) is 0. The van der Waals surface area contributed by atoms with Gasteiger partial charge in [0.25, 0.3) is 5.91 Å². The molecular formula is C21H21N7O2. The molecule has 2 aliphatic heterocycles. The number of amides is 2. The van der Waals surface area contributed by atoms with Gasteiger partial charge >= 0.3 is 0 Å². The molecule has 0 unspecified atom stereocenters. The molecule has 1 fully saturated rings. The number of nitrogen functional groups attached to an aromatic ring is 1. The molecule has 9 nitrogen and oxygen atoms in total. The maximum atomic E-state index is 12.7. The van der Waals surface area contributed by atoms with Crippen LogP contribution >= 0.6 is 0 Å². The van der Waals surface area contributed by atoms with Crippen molar-refractivity contribution in [2.24, 2.45) is 0 Å². The van der Waals surface area contributed by atoms with Crippen LogP contribution in [0, 0.1) is 0 Å². The Labute approximate surface area is 173 Å². The third kappa shape index (κ3) is 3.18. The minimum Gasteiger partial charge on any atom is -0.383 e. The predicted octanol–water partition coefficient (Wildman–Crippen LogP) is 1.77. The predicted molar refractivity (Wildman–Crippen MR) is 110 cm³/mol. The lowest BCUT2D eigenvalue weighted by molar-refractivity contribution is -0.117. The standard InChI is InChI=1S/C21H21N7O2/c22-17-15-11-16(29)28(20(15)26-19(25-17)18-23-6-7-24-18)12-13-4-3-5-14(10-13)21(30)27-8-1-2-9-27/h3-7,10H,1-2,8-9,11-12H2,(H,23,24)(H2,22,25,26). The summed E-state index contributed by atoms with van der Waals surface area (Å²) >= 11 is 0. The lowest BCUT2D eigenvalue weighted by atomic mass is 10.1. The number of carbonyl (C=O) groups is 2. The van der Waals surface area contributed by atoms with Crippen molar-refractivity contribution in [2.75, 3.05) is 23.7 Å². The number of aromatic nitrogens is 4. The van der Waals surface area contributed by atoms with E-state index in [1.54, 1.807) is 17.3 Å². The molecule has 2 aliphatic rings. The number of nitrogens with zero attached hydrogens (tertiary/aromatic N) is 5. The zero-order valence-electron chi connectivity index (χ0n) is 16.3. The Bertz CT molecular complexity index is 1120. The molecular weight excluding hydrogens is 382 g/mol. The van der Waals surface area contributed by atoms with E-state index in [-0.39, 0.29) is 24.1 Å². The van der Waals surface area contributed by atoms with E-state index in [9.17, 15) is 9.59 Å². The number of benzene rings is 1. The van der Waals surface area contributed by atoms with Gasteiger partial charge in [0.05, 0.1) is 13.0 Å². The Morgan fingerprint density at radius 1 is 1.20 bits per heavy atom. The fourth-order valence-electron chi connectivity index (χ4n) is 3.99. The number of H-pyrrole nitrogens is 1. The molecule has 9 heteroatoms. The quantitative estimate of drug-likeness (QED) is 0.685. The molecule has 0 spiro atoms. The third-order valence-corrected chi connectivity index (χ3v) is 5.52. The minimum atomic E-state index is -0.0983. The number of fused-ring (bicyclic) bond motifs is 1. The van der Waals surface area contributed by atoms with Crippen molar-refractivity contribution in [1.82, 2.24) is 24.8 Å². The van der Waals surface area contributed by atoms with Gasteiger partial charge < -0.3 is 15.6 Å². The number of hydrogen-bond donors (Lipinski definition) is 2. The monoisotopic (exact) mass is 403 g/mol. The molecule has 2 amide bonds. The number of imidazole rings is 1. The molecule has 2 aromatic heterocycles. The Morgan fingerprint density at radius 3 is 2.80 bits per heavy atom.